The van der Waals surface area contributed by atoms with Gasteiger partial charge in [-0.2, -0.15) is 0 Å². The number of rotatable bonds is 1. The largest absolute Gasteiger partial charge is 0.395 e. The molecule has 1 aliphatic rings. The molecule has 0 aromatic heterocycles. The van der Waals surface area contributed by atoms with Crippen molar-refractivity contribution in [2.45, 2.75) is 18.9 Å². The molecule has 2 rings (SSSR count). The lowest BCUT2D eigenvalue weighted by molar-refractivity contribution is 0.244. The van der Waals surface area contributed by atoms with Crippen molar-refractivity contribution in [3.05, 3.63) is 35.1 Å². The number of benzene rings is 1. The van der Waals surface area contributed by atoms with Gasteiger partial charge in [0, 0.05) is 6.04 Å². The summed E-state index contributed by atoms with van der Waals surface area (Å²) in [6, 6.07) is 5.23. The number of nitrogens with one attached hydrogen (secondary N) is 1. The Morgan fingerprint density at radius 3 is 3.14 bits per heavy atom. The Morgan fingerprint density at radius 2 is 2.36 bits per heavy atom. The highest BCUT2D eigenvalue weighted by Crippen LogP contribution is 2.18. The van der Waals surface area contributed by atoms with E-state index in [0.717, 1.165) is 17.7 Å². The summed E-state index contributed by atoms with van der Waals surface area (Å²) in [4.78, 5) is 0. The Morgan fingerprint density at radius 1 is 1.50 bits per heavy atom. The van der Waals surface area contributed by atoms with E-state index in [9.17, 15) is 4.39 Å². The molecule has 76 valence electrons. The highest BCUT2D eigenvalue weighted by atomic mass is 19.1. The standard InChI is InChI=1S/C11H14FNO/c12-11-3-1-2-8-6-9(7-14)13-5-4-10(8)11/h1-3,9,13-14H,4-7H2. The molecule has 1 aromatic carbocycles. The number of hydrogen-bond acceptors (Lipinski definition) is 2. The summed E-state index contributed by atoms with van der Waals surface area (Å²) in [6.45, 7) is 0.842. The molecular formula is C11H14FNO. The van der Waals surface area contributed by atoms with Crippen LogP contribution in [0.4, 0.5) is 4.39 Å². The van der Waals surface area contributed by atoms with Crippen molar-refractivity contribution in [3.8, 4) is 0 Å². The normalized spacial score (nSPS) is 21.4. The van der Waals surface area contributed by atoms with Crippen molar-refractivity contribution in [1.29, 1.82) is 0 Å². The molecule has 0 amide bonds. The van der Waals surface area contributed by atoms with Gasteiger partial charge in [0.05, 0.1) is 6.61 Å². The smallest absolute Gasteiger partial charge is 0.126 e. The van der Waals surface area contributed by atoms with Gasteiger partial charge in [-0.25, -0.2) is 4.39 Å². The van der Waals surface area contributed by atoms with Crippen molar-refractivity contribution < 1.29 is 9.50 Å². The third kappa shape index (κ3) is 1.79. The topological polar surface area (TPSA) is 32.3 Å². The second-order valence-electron chi connectivity index (χ2n) is 3.67. The van der Waals surface area contributed by atoms with Crippen LogP contribution in [0, 0.1) is 5.82 Å². The second-order valence-corrected chi connectivity index (χ2v) is 3.67. The molecule has 0 saturated heterocycles. The summed E-state index contributed by atoms with van der Waals surface area (Å²) in [5, 5.41) is 12.2. The van der Waals surface area contributed by atoms with E-state index in [4.69, 9.17) is 5.11 Å². The van der Waals surface area contributed by atoms with Crippen LogP contribution in [0.15, 0.2) is 18.2 Å². The molecule has 3 heteroatoms. The lowest BCUT2D eigenvalue weighted by Crippen LogP contribution is -2.33. The molecule has 1 aliphatic heterocycles. The first-order valence-corrected chi connectivity index (χ1v) is 4.92. The third-order valence-electron chi connectivity index (χ3n) is 2.71. The first-order valence-electron chi connectivity index (χ1n) is 4.92. The van der Waals surface area contributed by atoms with Crippen LogP contribution in [-0.2, 0) is 12.8 Å². The van der Waals surface area contributed by atoms with Crippen LogP contribution in [0.1, 0.15) is 11.1 Å². The highest BCUT2D eigenvalue weighted by molar-refractivity contribution is 5.30. The van der Waals surface area contributed by atoms with Gasteiger partial charge in [-0.1, -0.05) is 12.1 Å². The Balaban J connectivity index is 2.32. The fourth-order valence-corrected chi connectivity index (χ4v) is 1.94. The van der Waals surface area contributed by atoms with Crippen molar-refractivity contribution in [2.75, 3.05) is 13.2 Å². The summed E-state index contributed by atoms with van der Waals surface area (Å²) in [5.74, 6) is -0.122. The molecule has 0 saturated carbocycles. The van der Waals surface area contributed by atoms with E-state index in [0.29, 0.717) is 12.8 Å². The monoisotopic (exact) mass is 195 g/mol. The maximum absolute atomic E-state index is 13.4. The SMILES string of the molecule is OCC1Cc2cccc(F)c2CCN1. The molecule has 2 nitrogen and oxygen atoms in total. The number of aliphatic hydroxyl groups excluding tert-OH is 1. The van der Waals surface area contributed by atoms with E-state index in [2.05, 4.69) is 5.32 Å². The van der Waals surface area contributed by atoms with Crippen LogP contribution in [0.2, 0.25) is 0 Å². The molecule has 14 heavy (non-hydrogen) atoms. The maximum atomic E-state index is 13.4. The zero-order valence-corrected chi connectivity index (χ0v) is 7.96. The zero-order valence-electron chi connectivity index (χ0n) is 7.96. The minimum Gasteiger partial charge on any atom is -0.395 e. The lowest BCUT2D eigenvalue weighted by Gasteiger charge is -2.12. The summed E-state index contributed by atoms with van der Waals surface area (Å²) in [6.07, 6.45) is 1.42. The number of halogens is 1. The molecule has 0 radical (unpaired) electrons. The van der Waals surface area contributed by atoms with E-state index in [1.807, 2.05) is 6.07 Å². The van der Waals surface area contributed by atoms with Crippen molar-refractivity contribution >= 4 is 0 Å². The quantitative estimate of drug-likeness (QED) is 0.697. The van der Waals surface area contributed by atoms with Crippen molar-refractivity contribution in [3.63, 3.8) is 0 Å². The Hall–Kier alpha value is -0.930. The molecule has 0 bridgehead atoms. The first kappa shape index (κ1) is 9.62. The third-order valence-corrected chi connectivity index (χ3v) is 2.71. The summed E-state index contributed by atoms with van der Waals surface area (Å²) in [7, 11) is 0. The highest BCUT2D eigenvalue weighted by Gasteiger charge is 2.17. The molecule has 1 unspecified atom stereocenters. The molecule has 1 aromatic rings. The van der Waals surface area contributed by atoms with Gasteiger partial charge in [0.25, 0.3) is 0 Å². The molecule has 0 aliphatic carbocycles. The van der Waals surface area contributed by atoms with Gasteiger partial charge in [-0.05, 0) is 36.6 Å². The van der Waals surface area contributed by atoms with Crippen LogP contribution in [0.5, 0.6) is 0 Å². The van der Waals surface area contributed by atoms with E-state index in [1.165, 1.54) is 6.07 Å². The predicted octanol–water partition coefficient (Wildman–Crippen LogP) is 0.875. The van der Waals surface area contributed by atoms with Crippen LogP contribution in [0.3, 0.4) is 0 Å². The van der Waals surface area contributed by atoms with Crippen molar-refractivity contribution in [1.82, 2.24) is 5.32 Å². The van der Waals surface area contributed by atoms with E-state index < -0.39 is 0 Å². The first-order chi connectivity index (χ1) is 6.81. The van der Waals surface area contributed by atoms with Crippen LogP contribution < -0.4 is 5.32 Å². The van der Waals surface area contributed by atoms with E-state index in [1.54, 1.807) is 6.07 Å². The molecule has 2 N–H and O–H groups in total. The number of fused-ring (bicyclic) bond motifs is 1. The summed E-state index contributed by atoms with van der Waals surface area (Å²) >= 11 is 0. The molecule has 0 spiro atoms. The fraction of sp³-hybridized carbons (Fsp3) is 0.455. The van der Waals surface area contributed by atoms with Gasteiger partial charge in [0.1, 0.15) is 5.82 Å². The maximum Gasteiger partial charge on any atom is 0.126 e. The Bertz CT molecular complexity index is 327. The van der Waals surface area contributed by atoms with Gasteiger partial charge in [-0.15, -0.1) is 0 Å². The predicted molar refractivity (Wildman–Crippen MR) is 52.7 cm³/mol. The summed E-state index contributed by atoms with van der Waals surface area (Å²) in [5.41, 5.74) is 1.82. The molecule has 1 atom stereocenters. The van der Waals surface area contributed by atoms with E-state index >= 15 is 0 Å². The number of aliphatic hydroxyl groups is 1. The van der Waals surface area contributed by atoms with E-state index in [-0.39, 0.29) is 18.5 Å². The molecule has 1 heterocycles. The van der Waals surface area contributed by atoms with Crippen LogP contribution in [-0.4, -0.2) is 24.3 Å². The van der Waals surface area contributed by atoms with Gasteiger partial charge in [0.15, 0.2) is 0 Å². The minimum absolute atomic E-state index is 0.0676. The second kappa shape index (κ2) is 4.07. The average molecular weight is 195 g/mol. The minimum atomic E-state index is -0.122. The Kier molecular flexibility index (Phi) is 2.79. The van der Waals surface area contributed by atoms with Gasteiger partial charge >= 0.3 is 0 Å². The summed E-state index contributed by atoms with van der Waals surface area (Å²) < 4.78 is 13.4. The van der Waals surface area contributed by atoms with Gasteiger partial charge in [-0.3, -0.25) is 0 Å². The molecule has 0 fully saturated rings. The fourth-order valence-electron chi connectivity index (χ4n) is 1.94. The van der Waals surface area contributed by atoms with Crippen LogP contribution >= 0.6 is 0 Å². The lowest BCUT2D eigenvalue weighted by atomic mass is 10.0. The van der Waals surface area contributed by atoms with Gasteiger partial charge < -0.3 is 10.4 Å². The van der Waals surface area contributed by atoms with Gasteiger partial charge in [0.2, 0.25) is 0 Å². The van der Waals surface area contributed by atoms with Crippen molar-refractivity contribution in [2.24, 2.45) is 0 Å². The Labute approximate surface area is 82.8 Å². The molecular weight excluding hydrogens is 181 g/mol. The van der Waals surface area contributed by atoms with Crippen LogP contribution in [0.25, 0.3) is 0 Å². The average Bonchev–Trinajstić information content (AvgIpc) is 2.40. The number of hydrogen-bond donors (Lipinski definition) is 2. The zero-order chi connectivity index (χ0) is 9.97.